The molecular weight excluding hydrogens is 430 g/mol. The number of hydrogen-bond acceptors (Lipinski definition) is 3. The lowest BCUT2D eigenvalue weighted by Gasteiger charge is -2.31. The van der Waals surface area contributed by atoms with Gasteiger partial charge in [-0.25, -0.2) is 0 Å². The molecule has 2 aromatic carbocycles. The second-order valence-corrected chi connectivity index (χ2v) is 9.55. The fourth-order valence-electron chi connectivity index (χ4n) is 4.72. The molecule has 1 fully saturated rings. The first-order valence-corrected chi connectivity index (χ1v) is 12.2. The Hall–Kier alpha value is -2.86. The van der Waals surface area contributed by atoms with Crippen LogP contribution in [0.1, 0.15) is 54.4 Å². The third kappa shape index (κ3) is 5.74. The fraction of sp³-hybridized carbons (Fsp3) is 0.407. The minimum atomic E-state index is -0.0605. The van der Waals surface area contributed by atoms with E-state index < -0.39 is 0 Å². The van der Waals surface area contributed by atoms with Gasteiger partial charge in [0.2, 0.25) is 0 Å². The number of aromatic amines is 1. The zero-order chi connectivity index (χ0) is 23.4. The number of fused-ring (bicyclic) bond motifs is 1. The van der Waals surface area contributed by atoms with E-state index in [1.807, 2.05) is 37.3 Å². The van der Waals surface area contributed by atoms with Crippen molar-refractivity contribution >= 4 is 28.2 Å². The maximum atomic E-state index is 13.0. The maximum Gasteiger partial charge on any atom is 0.253 e. The van der Waals surface area contributed by atoms with Gasteiger partial charge in [-0.2, -0.15) is 0 Å². The predicted octanol–water partition coefficient (Wildman–Crippen LogP) is 5.36. The molecule has 4 rings (SSSR count). The number of methoxy groups -OCH3 is 1. The van der Waals surface area contributed by atoms with Gasteiger partial charge in [-0.05, 0) is 79.7 Å². The van der Waals surface area contributed by atoms with Crippen molar-refractivity contribution in [2.24, 2.45) is 0 Å². The monoisotopic (exact) mass is 463 g/mol. The van der Waals surface area contributed by atoms with Crippen molar-refractivity contribution in [3.05, 3.63) is 75.1 Å². The van der Waals surface area contributed by atoms with Gasteiger partial charge in [0.1, 0.15) is 5.75 Å². The summed E-state index contributed by atoms with van der Waals surface area (Å²) < 4.78 is 5.30. The molecule has 0 aliphatic heterocycles. The molecule has 0 unspecified atom stereocenters. The molecule has 0 bridgehead atoms. The van der Waals surface area contributed by atoms with Crippen molar-refractivity contribution in [3.8, 4) is 5.75 Å². The van der Waals surface area contributed by atoms with Crippen LogP contribution in [0.25, 0.3) is 10.9 Å². The van der Waals surface area contributed by atoms with E-state index in [-0.39, 0.29) is 5.56 Å². The van der Waals surface area contributed by atoms with E-state index in [2.05, 4.69) is 34.3 Å². The number of hydrogen-bond donors (Lipinski definition) is 2. The number of pyridine rings is 1. The maximum absolute atomic E-state index is 13.0. The van der Waals surface area contributed by atoms with Crippen LogP contribution in [0.5, 0.6) is 5.75 Å². The second kappa shape index (κ2) is 10.4. The van der Waals surface area contributed by atoms with Crippen LogP contribution in [-0.4, -0.2) is 28.1 Å². The van der Waals surface area contributed by atoms with E-state index in [0.29, 0.717) is 29.8 Å². The van der Waals surface area contributed by atoms with Crippen molar-refractivity contribution in [3.63, 3.8) is 0 Å². The first-order chi connectivity index (χ1) is 15.9. The number of aromatic nitrogens is 1. The first-order valence-electron chi connectivity index (χ1n) is 11.7. The minimum Gasteiger partial charge on any atom is -0.497 e. The molecule has 174 valence electrons. The summed E-state index contributed by atoms with van der Waals surface area (Å²) >= 11 is 5.86. The van der Waals surface area contributed by atoms with Gasteiger partial charge >= 0.3 is 0 Å². The molecule has 1 saturated carbocycles. The Kier molecular flexibility index (Phi) is 7.33. The van der Waals surface area contributed by atoms with E-state index in [0.717, 1.165) is 40.6 Å². The summed E-state index contributed by atoms with van der Waals surface area (Å²) in [5.41, 5.74) is 4.94. The molecule has 3 aromatic rings. The molecule has 33 heavy (non-hydrogen) atoms. The molecule has 2 N–H and O–H groups in total. The molecule has 1 heterocycles. The zero-order valence-corrected chi connectivity index (χ0v) is 20.6. The molecule has 1 aromatic heterocycles. The SMILES string of the molecule is COc1ccc(CN(Cc2cc3cc(C)cc(C)c3[nH]c2=O)C(=S)NC2CCCCC2)cc1. The fourth-order valence-corrected chi connectivity index (χ4v) is 5.01. The van der Waals surface area contributed by atoms with Crippen LogP contribution in [0.4, 0.5) is 0 Å². The van der Waals surface area contributed by atoms with Crippen LogP contribution in [0, 0.1) is 13.8 Å². The summed E-state index contributed by atoms with van der Waals surface area (Å²) in [5, 5.41) is 5.34. The highest BCUT2D eigenvalue weighted by Gasteiger charge is 2.19. The van der Waals surface area contributed by atoms with E-state index in [1.165, 1.54) is 24.8 Å². The quantitative estimate of drug-likeness (QED) is 0.482. The highest BCUT2D eigenvalue weighted by atomic mass is 32.1. The van der Waals surface area contributed by atoms with Crippen molar-refractivity contribution in [2.75, 3.05) is 7.11 Å². The van der Waals surface area contributed by atoms with Crippen LogP contribution in [0.15, 0.2) is 47.3 Å². The molecule has 0 spiro atoms. The molecule has 0 atom stereocenters. The van der Waals surface area contributed by atoms with Crippen molar-refractivity contribution < 1.29 is 4.74 Å². The average Bonchev–Trinajstić information content (AvgIpc) is 2.80. The Balaban J connectivity index is 1.62. The standard InChI is InChI=1S/C27H33N3O2S/c1-18-13-19(2)25-21(14-18)15-22(26(31)29-25)17-30(16-20-9-11-24(32-3)12-10-20)27(33)28-23-7-5-4-6-8-23/h9-15,23H,4-8,16-17H2,1-3H3,(H,28,33)(H,29,31). The smallest absolute Gasteiger partial charge is 0.253 e. The lowest BCUT2D eigenvalue weighted by molar-refractivity contribution is 0.362. The average molecular weight is 464 g/mol. The summed E-state index contributed by atoms with van der Waals surface area (Å²) in [4.78, 5) is 18.2. The number of nitrogens with zero attached hydrogens (tertiary/aromatic N) is 1. The van der Waals surface area contributed by atoms with Crippen LogP contribution < -0.4 is 15.6 Å². The van der Waals surface area contributed by atoms with E-state index in [9.17, 15) is 4.79 Å². The lowest BCUT2D eigenvalue weighted by Crippen LogP contribution is -2.45. The Morgan fingerprint density at radius 1 is 1.09 bits per heavy atom. The molecule has 0 amide bonds. The number of H-pyrrole nitrogens is 1. The van der Waals surface area contributed by atoms with Crippen molar-refractivity contribution in [2.45, 2.75) is 65.1 Å². The molecular formula is C27H33N3O2S. The summed E-state index contributed by atoms with van der Waals surface area (Å²) in [5.74, 6) is 0.824. The highest BCUT2D eigenvalue weighted by molar-refractivity contribution is 7.80. The molecule has 5 nitrogen and oxygen atoms in total. The number of aryl methyl sites for hydroxylation is 2. The number of thiocarbonyl (C=S) groups is 1. The molecule has 1 aliphatic rings. The summed E-state index contributed by atoms with van der Waals surface area (Å²) in [7, 11) is 1.67. The molecule has 1 aliphatic carbocycles. The Morgan fingerprint density at radius 3 is 2.52 bits per heavy atom. The number of ether oxygens (including phenoxy) is 1. The molecule has 0 radical (unpaired) electrons. The Bertz CT molecular complexity index is 1180. The van der Waals surface area contributed by atoms with Gasteiger partial charge in [0.25, 0.3) is 5.56 Å². The Morgan fingerprint density at radius 2 is 1.82 bits per heavy atom. The van der Waals surface area contributed by atoms with Gasteiger partial charge in [0, 0.05) is 18.2 Å². The minimum absolute atomic E-state index is 0.0605. The topological polar surface area (TPSA) is 57.4 Å². The summed E-state index contributed by atoms with van der Waals surface area (Å²) in [6.07, 6.45) is 6.06. The summed E-state index contributed by atoms with van der Waals surface area (Å²) in [6.45, 7) is 5.18. The molecule has 0 saturated heterocycles. The van der Waals surface area contributed by atoms with Crippen LogP contribution >= 0.6 is 12.2 Å². The third-order valence-corrected chi connectivity index (χ3v) is 6.86. The van der Waals surface area contributed by atoms with Crippen molar-refractivity contribution in [1.82, 2.24) is 15.2 Å². The third-order valence-electron chi connectivity index (χ3n) is 6.48. The lowest BCUT2D eigenvalue weighted by atomic mass is 9.96. The second-order valence-electron chi connectivity index (χ2n) is 9.16. The first kappa shape index (κ1) is 23.3. The zero-order valence-electron chi connectivity index (χ0n) is 19.7. The highest BCUT2D eigenvalue weighted by Crippen LogP contribution is 2.21. The van der Waals surface area contributed by atoms with E-state index >= 15 is 0 Å². The van der Waals surface area contributed by atoms with E-state index in [4.69, 9.17) is 17.0 Å². The van der Waals surface area contributed by atoms with Crippen molar-refractivity contribution in [1.29, 1.82) is 0 Å². The van der Waals surface area contributed by atoms with Gasteiger partial charge in [0.15, 0.2) is 5.11 Å². The largest absolute Gasteiger partial charge is 0.497 e. The van der Waals surface area contributed by atoms with Gasteiger partial charge in [-0.15, -0.1) is 0 Å². The van der Waals surface area contributed by atoms with Crippen LogP contribution in [0.2, 0.25) is 0 Å². The number of rotatable bonds is 6. The molecule has 6 heteroatoms. The van der Waals surface area contributed by atoms with Gasteiger partial charge < -0.3 is 19.9 Å². The van der Waals surface area contributed by atoms with Gasteiger partial charge in [-0.1, -0.05) is 43.0 Å². The van der Waals surface area contributed by atoms with Gasteiger partial charge in [0.05, 0.1) is 19.2 Å². The van der Waals surface area contributed by atoms with E-state index in [1.54, 1.807) is 7.11 Å². The van der Waals surface area contributed by atoms with Gasteiger partial charge in [-0.3, -0.25) is 4.79 Å². The number of nitrogens with one attached hydrogen (secondary N) is 2. The number of benzene rings is 2. The van der Waals surface area contributed by atoms with Crippen LogP contribution in [-0.2, 0) is 13.1 Å². The normalized spacial score (nSPS) is 14.3. The summed E-state index contributed by atoms with van der Waals surface area (Å²) in [6, 6.07) is 14.6. The predicted molar refractivity (Wildman–Crippen MR) is 139 cm³/mol. The Labute approximate surface area is 201 Å². The van der Waals surface area contributed by atoms with Crippen LogP contribution in [0.3, 0.4) is 0 Å².